The first-order chi connectivity index (χ1) is 10.5. The summed E-state index contributed by atoms with van der Waals surface area (Å²) < 4.78 is 0. The lowest BCUT2D eigenvalue weighted by atomic mass is 9.87. The van der Waals surface area contributed by atoms with Crippen molar-refractivity contribution in [3.63, 3.8) is 0 Å². The molecule has 0 saturated carbocycles. The second kappa shape index (κ2) is 7.04. The molecule has 1 aliphatic carbocycles. The van der Waals surface area contributed by atoms with E-state index in [9.17, 15) is 14.7 Å². The number of thiocarbonyl (C=S) groups is 1. The first-order valence-electron chi connectivity index (χ1n) is 6.76. The van der Waals surface area contributed by atoms with Crippen molar-refractivity contribution >= 4 is 34.8 Å². The number of ketones is 1. The van der Waals surface area contributed by atoms with Gasteiger partial charge in [-0.3, -0.25) is 4.79 Å². The molecule has 1 atom stereocenters. The van der Waals surface area contributed by atoms with Crippen LogP contribution in [0.25, 0.3) is 0 Å². The van der Waals surface area contributed by atoms with Crippen molar-refractivity contribution in [3.8, 4) is 0 Å². The molecule has 4 N–H and O–H groups in total. The molecule has 0 bridgehead atoms. The van der Waals surface area contributed by atoms with E-state index in [1.165, 1.54) is 0 Å². The Hall–Kier alpha value is -2.41. The molecule has 1 amide bonds. The number of Topliss-reactive ketones (excluding diaryl/α,β-unsaturated/α-hetero) is 1. The molecule has 1 unspecified atom stereocenters. The summed E-state index contributed by atoms with van der Waals surface area (Å²) in [6, 6.07) is 9.12. The van der Waals surface area contributed by atoms with Gasteiger partial charge in [0, 0.05) is 25.1 Å². The summed E-state index contributed by atoms with van der Waals surface area (Å²) in [5.74, 6) is -0.636. The van der Waals surface area contributed by atoms with Gasteiger partial charge in [0.25, 0.3) is 0 Å². The number of benzene rings is 1. The summed E-state index contributed by atoms with van der Waals surface area (Å²) in [5, 5.41) is 23.8. The smallest absolute Gasteiger partial charge is 0.404 e. The fraction of sp³-hybridized carbons (Fsp3) is 0.267. The van der Waals surface area contributed by atoms with E-state index in [2.05, 4.69) is 10.6 Å². The normalized spacial score (nSPS) is 18.0. The zero-order valence-electron chi connectivity index (χ0n) is 11.7. The molecule has 1 aromatic rings. The van der Waals surface area contributed by atoms with E-state index in [4.69, 9.17) is 17.3 Å². The largest absolute Gasteiger partial charge is 0.511 e. The van der Waals surface area contributed by atoms with Gasteiger partial charge >= 0.3 is 6.09 Å². The molecule has 2 rings (SSSR count). The molecule has 1 aliphatic rings. The number of nitrogens with one attached hydrogen (secondary N) is 2. The Morgan fingerprint density at radius 1 is 1.27 bits per heavy atom. The van der Waals surface area contributed by atoms with Crippen LogP contribution in [0.15, 0.2) is 41.7 Å². The molecule has 0 heterocycles. The van der Waals surface area contributed by atoms with E-state index in [-0.39, 0.29) is 47.4 Å². The number of hydrogen-bond donors (Lipinski definition) is 4. The molecule has 116 valence electrons. The van der Waals surface area contributed by atoms with E-state index in [1.54, 1.807) is 12.1 Å². The lowest BCUT2D eigenvalue weighted by Gasteiger charge is -2.23. The van der Waals surface area contributed by atoms with Crippen molar-refractivity contribution in [2.24, 2.45) is 5.92 Å². The number of aliphatic hydroxyl groups excluding tert-OH is 1. The van der Waals surface area contributed by atoms with Gasteiger partial charge in [-0.15, -0.1) is 0 Å². The summed E-state index contributed by atoms with van der Waals surface area (Å²) in [6.07, 6.45) is -0.781. The lowest BCUT2D eigenvalue weighted by Crippen LogP contribution is -2.34. The van der Waals surface area contributed by atoms with Gasteiger partial charge in [0.15, 0.2) is 5.78 Å². The van der Waals surface area contributed by atoms with Crippen LogP contribution in [0.3, 0.4) is 0 Å². The fourth-order valence-electron chi connectivity index (χ4n) is 2.32. The number of carbonyl (C=O) groups is 2. The Labute approximate surface area is 132 Å². The second-order valence-corrected chi connectivity index (χ2v) is 5.43. The maximum absolute atomic E-state index is 12.2. The number of para-hydroxylation sites is 1. The van der Waals surface area contributed by atoms with Crippen molar-refractivity contribution < 1.29 is 19.8 Å². The van der Waals surface area contributed by atoms with Crippen LogP contribution in [0.1, 0.15) is 12.8 Å². The Balaban J connectivity index is 2.06. The molecular weight excluding hydrogens is 304 g/mol. The topological polar surface area (TPSA) is 98.7 Å². The van der Waals surface area contributed by atoms with Gasteiger partial charge in [-0.2, -0.15) is 0 Å². The Morgan fingerprint density at radius 3 is 2.55 bits per heavy atom. The highest BCUT2D eigenvalue weighted by atomic mass is 32.1. The molecule has 0 fully saturated rings. The third-order valence-corrected chi connectivity index (χ3v) is 3.63. The number of hydrogen-bond acceptors (Lipinski definition) is 4. The molecule has 7 heteroatoms. The highest BCUT2D eigenvalue weighted by molar-refractivity contribution is 7.81. The maximum Gasteiger partial charge on any atom is 0.404 e. The van der Waals surface area contributed by atoms with E-state index in [0.29, 0.717) is 0 Å². The van der Waals surface area contributed by atoms with E-state index in [1.807, 2.05) is 18.2 Å². The number of aliphatic hydroxyl groups is 1. The van der Waals surface area contributed by atoms with Gasteiger partial charge < -0.3 is 20.8 Å². The van der Waals surface area contributed by atoms with Crippen LogP contribution >= 0.6 is 12.2 Å². The van der Waals surface area contributed by atoms with Crippen LogP contribution in [0.4, 0.5) is 10.5 Å². The molecular formula is C15H16N2O4S. The Kier molecular flexibility index (Phi) is 5.11. The second-order valence-electron chi connectivity index (χ2n) is 5.03. The number of amides is 1. The van der Waals surface area contributed by atoms with Gasteiger partial charge in [-0.1, -0.05) is 30.4 Å². The van der Waals surface area contributed by atoms with Gasteiger partial charge in [0.1, 0.15) is 10.7 Å². The lowest BCUT2D eigenvalue weighted by molar-refractivity contribution is -0.116. The number of carbonyl (C=O) groups excluding carboxylic acids is 1. The third-order valence-electron chi connectivity index (χ3n) is 3.32. The number of allylic oxidation sites excluding steroid dienone is 1. The Bertz CT molecular complexity index is 628. The van der Waals surface area contributed by atoms with Crippen molar-refractivity contribution in [1.82, 2.24) is 5.32 Å². The molecule has 0 aliphatic heterocycles. The quantitative estimate of drug-likeness (QED) is 0.636. The fourth-order valence-corrected chi connectivity index (χ4v) is 2.67. The van der Waals surface area contributed by atoms with Gasteiger partial charge in [-0.25, -0.2) is 4.79 Å². The van der Waals surface area contributed by atoms with Crippen molar-refractivity contribution in [3.05, 3.63) is 41.7 Å². The minimum Gasteiger partial charge on any atom is -0.511 e. The standard InChI is InChI=1S/C15H16N2O4S/c18-11-6-9(8-16-15(20)21)7-12(19)13(11)14(22)17-10-4-2-1-3-5-10/h1-5,9,16,18H,6-8H2,(H,17,22)(H,20,21). The highest BCUT2D eigenvalue weighted by Crippen LogP contribution is 2.26. The minimum absolute atomic E-state index is 0.0955. The molecule has 1 aromatic carbocycles. The molecule has 0 aromatic heterocycles. The van der Waals surface area contributed by atoms with Crippen LogP contribution in [0, 0.1) is 5.92 Å². The molecule has 0 spiro atoms. The summed E-state index contributed by atoms with van der Waals surface area (Å²) in [7, 11) is 0. The number of anilines is 1. The highest BCUT2D eigenvalue weighted by Gasteiger charge is 2.30. The summed E-state index contributed by atoms with van der Waals surface area (Å²) in [4.78, 5) is 22.8. The molecule has 6 nitrogen and oxygen atoms in total. The summed E-state index contributed by atoms with van der Waals surface area (Å²) in [6.45, 7) is 0.122. The Morgan fingerprint density at radius 2 is 1.95 bits per heavy atom. The predicted molar refractivity (Wildman–Crippen MR) is 86.1 cm³/mol. The zero-order valence-corrected chi connectivity index (χ0v) is 12.5. The monoisotopic (exact) mass is 320 g/mol. The number of rotatable bonds is 4. The minimum atomic E-state index is -1.15. The van der Waals surface area contributed by atoms with Crippen molar-refractivity contribution in [1.29, 1.82) is 0 Å². The van der Waals surface area contributed by atoms with Crippen LogP contribution in [0.2, 0.25) is 0 Å². The van der Waals surface area contributed by atoms with Crippen LogP contribution in [-0.4, -0.2) is 33.6 Å². The first kappa shape index (κ1) is 16.0. The van der Waals surface area contributed by atoms with E-state index >= 15 is 0 Å². The van der Waals surface area contributed by atoms with E-state index < -0.39 is 6.09 Å². The van der Waals surface area contributed by atoms with E-state index in [0.717, 1.165) is 5.69 Å². The van der Waals surface area contributed by atoms with Gasteiger partial charge in [0.05, 0.1) is 5.57 Å². The average molecular weight is 320 g/mol. The van der Waals surface area contributed by atoms with Crippen LogP contribution in [-0.2, 0) is 4.79 Å². The third kappa shape index (κ3) is 4.05. The molecule has 22 heavy (non-hydrogen) atoms. The van der Waals surface area contributed by atoms with Crippen molar-refractivity contribution in [2.45, 2.75) is 12.8 Å². The zero-order chi connectivity index (χ0) is 16.1. The van der Waals surface area contributed by atoms with Crippen LogP contribution < -0.4 is 10.6 Å². The first-order valence-corrected chi connectivity index (χ1v) is 7.16. The van der Waals surface area contributed by atoms with Crippen LogP contribution in [0.5, 0.6) is 0 Å². The summed E-state index contributed by atoms with van der Waals surface area (Å²) in [5.41, 5.74) is 0.848. The molecule has 0 saturated heterocycles. The summed E-state index contributed by atoms with van der Waals surface area (Å²) >= 11 is 5.20. The SMILES string of the molecule is O=C(O)NCC1CC(=O)C(C(=S)Nc2ccccc2)=C(O)C1. The average Bonchev–Trinajstić information content (AvgIpc) is 2.45. The van der Waals surface area contributed by atoms with Gasteiger partial charge in [0.2, 0.25) is 0 Å². The molecule has 0 radical (unpaired) electrons. The maximum atomic E-state index is 12.2. The van der Waals surface area contributed by atoms with Crippen molar-refractivity contribution in [2.75, 3.05) is 11.9 Å². The van der Waals surface area contributed by atoms with Gasteiger partial charge in [-0.05, 0) is 18.1 Å². The predicted octanol–water partition coefficient (Wildman–Crippen LogP) is 2.48. The number of carboxylic acid groups (broad SMARTS) is 1.